The molecule has 0 aromatic carbocycles. The maximum Gasteiger partial charge on any atom is 0.427 e. The molecule has 0 aliphatic heterocycles. The Balaban J connectivity index is 0. The van der Waals surface area contributed by atoms with Crippen LogP contribution in [0, 0.1) is 0 Å². The van der Waals surface area contributed by atoms with E-state index in [2.05, 4.69) is 25.6 Å². The van der Waals surface area contributed by atoms with Gasteiger partial charge in [-0.3, -0.25) is 9.11 Å². The van der Waals surface area contributed by atoms with Crippen LogP contribution < -0.4 is 0 Å². The highest BCUT2D eigenvalue weighted by atomic mass is 32.3. The molecule has 0 fully saturated rings. The average Bonchev–Trinajstić information content (AvgIpc) is 1.59. The Bertz CT molecular complexity index is 198. The van der Waals surface area contributed by atoms with Crippen molar-refractivity contribution in [2.75, 3.05) is 0 Å². The molecule has 0 unspecified atom stereocenters. The van der Waals surface area contributed by atoms with Gasteiger partial charge in [-0.2, -0.15) is 12.1 Å². The van der Waals surface area contributed by atoms with E-state index >= 15 is 0 Å². The Morgan fingerprint density at radius 1 is 1.27 bits per heavy atom. The van der Waals surface area contributed by atoms with Crippen LogP contribution in [0.3, 0.4) is 0 Å². The van der Waals surface area contributed by atoms with Gasteiger partial charge in [0.05, 0.1) is 0 Å². The van der Waals surface area contributed by atoms with Crippen LogP contribution in [0.1, 0.15) is 0 Å². The lowest BCUT2D eigenvalue weighted by Gasteiger charge is -1.95. The molecule has 1 amide bonds. The van der Waals surface area contributed by atoms with Crippen LogP contribution in [0.5, 0.6) is 0 Å². The summed E-state index contributed by atoms with van der Waals surface area (Å²) in [5.74, 6) is 0. The number of carbonyl (C=O) groups is 1. The Hall–Kier alpha value is -0.160. The minimum Gasteiger partial charge on any atom is -0.464 e. The fourth-order valence-electron chi connectivity index (χ4n) is 0. The molecule has 0 radical (unpaired) electrons. The number of thiol groups is 2. The summed E-state index contributed by atoms with van der Waals surface area (Å²) in [6.07, 6.45) is -1.18. The number of hydrogen-bond donors (Lipinski definition) is 5. The van der Waals surface area contributed by atoms with E-state index in [1.165, 1.54) is 0 Å². The van der Waals surface area contributed by atoms with Gasteiger partial charge in [0.15, 0.2) is 0 Å². The van der Waals surface area contributed by atoms with E-state index in [0.717, 1.165) is 0 Å². The first-order valence-electron chi connectivity index (χ1n) is 1.75. The molecule has 0 saturated carbocycles. The molecule has 0 atom stereocenters. The molecule has 68 valence electrons. The molecule has 10 heteroatoms. The first-order valence-corrected chi connectivity index (χ1v) is 3.95. The summed E-state index contributed by atoms with van der Waals surface area (Å²) in [5.41, 5.74) is 0. The average molecular weight is 223 g/mol. The molecule has 0 aliphatic rings. The van der Waals surface area contributed by atoms with Gasteiger partial charge >= 0.3 is 16.5 Å². The molecule has 11 heavy (non-hydrogen) atoms. The standard InChI is InChI=1S/CH3NO2S2.H2O4S/c3-1(4)2(5)6;1-5(2,3)4/h5-6H,(H,3,4);(H2,1,2,3,4). The van der Waals surface area contributed by atoms with Crippen LogP contribution >= 0.6 is 25.6 Å². The highest BCUT2D eigenvalue weighted by Gasteiger charge is 1.95. The van der Waals surface area contributed by atoms with Gasteiger partial charge in [0.2, 0.25) is 0 Å². The van der Waals surface area contributed by atoms with E-state index in [1.807, 2.05) is 0 Å². The van der Waals surface area contributed by atoms with E-state index in [1.54, 1.807) is 0 Å². The second-order valence-corrected chi connectivity index (χ2v) is 3.03. The lowest BCUT2D eigenvalue weighted by Crippen LogP contribution is -2.05. The topological polar surface area (TPSA) is 115 Å². The van der Waals surface area contributed by atoms with E-state index in [9.17, 15) is 4.79 Å². The van der Waals surface area contributed by atoms with E-state index in [0.29, 0.717) is 3.71 Å². The van der Waals surface area contributed by atoms with E-state index in [4.69, 9.17) is 22.6 Å². The fourth-order valence-corrected chi connectivity index (χ4v) is 0. The lowest BCUT2D eigenvalue weighted by atomic mass is 11.3. The Morgan fingerprint density at radius 3 is 1.36 bits per heavy atom. The third-order valence-electron chi connectivity index (χ3n) is 0.171. The van der Waals surface area contributed by atoms with Gasteiger partial charge < -0.3 is 5.11 Å². The fraction of sp³-hybridized carbons (Fsp3) is 0. The maximum atomic E-state index is 9.47. The zero-order valence-corrected chi connectivity index (χ0v) is 7.42. The van der Waals surface area contributed by atoms with Gasteiger partial charge in [0.1, 0.15) is 0 Å². The lowest BCUT2D eigenvalue weighted by molar-refractivity contribution is 0.191. The van der Waals surface area contributed by atoms with Crippen molar-refractivity contribution in [2.24, 2.45) is 0 Å². The van der Waals surface area contributed by atoms with Crippen molar-refractivity contribution in [3.05, 3.63) is 0 Å². The van der Waals surface area contributed by atoms with Crippen LogP contribution in [0.4, 0.5) is 4.79 Å². The number of carboxylic acid groups (broad SMARTS) is 1. The Morgan fingerprint density at radius 2 is 1.36 bits per heavy atom. The number of nitrogens with zero attached hydrogens (tertiary/aromatic N) is 1. The minimum absolute atomic E-state index is 0.472. The summed E-state index contributed by atoms with van der Waals surface area (Å²) in [6, 6.07) is 0. The van der Waals surface area contributed by atoms with Gasteiger partial charge in [-0.05, 0) is 25.6 Å². The van der Waals surface area contributed by atoms with Crippen molar-refractivity contribution in [1.82, 2.24) is 3.71 Å². The molecule has 0 aromatic heterocycles. The number of hydrogen-bond acceptors (Lipinski definition) is 5. The smallest absolute Gasteiger partial charge is 0.427 e. The highest BCUT2D eigenvalue weighted by Crippen LogP contribution is 1.94. The third kappa shape index (κ3) is 41.0. The van der Waals surface area contributed by atoms with Crippen molar-refractivity contribution >= 4 is 42.1 Å². The predicted octanol–water partition coefficient (Wildman–Crippen LogP) is 0.00320. The van der Waals surface area contributed by atoms with Gasteiger partial charge in [-0.25, -0.2) is 4.79 Å². The second kappa shape index (κ2) is 5.49. The quantitative estimate of drug-likeness (QED) is 0.292. The zero-order chi connectivity index (χ0) is 9.65. The Kier molecular flexibility index (Phi) is 6.70. The molecule has 0 rings (SSSR count). The van der Waals surface area contributed by atoms with Crippen LogP contribution in [-0.2, 0) is 10.4 Å². The highest BCUT2D eigenvalue weighted by molar-refractivity contribution is 7.94. The van der Waals surface area contributed by atoms with Crippen LogP contribution in [-0.4, -0.2) is 32.4 Å². The Labute approximate surface area is 73.7 Å². The molecule has 0 heterocycles. The maximum absolute atomic E-state index is 9.47. The molecule has 0 saturated heterocycles. The summed E-state index contributed by atoms with van der Waals surface area (Å²) in [7, 11) is -4.67. The molecule has 3 N–H and O–H groups in total. The number of rotatable bonds is 0. The first-order chi connectivity index (χ1) is 4.64. The van der Waals surface area contributed by atoms with Crippen LogP contribution in [0.15, 0.2) is 0 Å². The SMILES string of the molecule is O=C(O)N(S)S.O=S(=O)(O)O. The largest absolute Gasteiger partial charge is 0.464 e. The summed E-state index contributed by atoms with van der Waals surface area (Å²) in [6.45, 7) is 0. The molecular formula is CH5NO6S3. The third-order valence-corrected chi connectivity index (χ3v) is 0.513. The van der Waals surface area contributed by atoms with Crippen molar-refractivity contribution in [2.45, 2.75) is 0 Å². The van der Waals surface area contributed by atoms with Crippen LogP contribution in [0.2, 0.25) is 0 Å². The molecule has 0 aliphatic carbocycles. The number of amides is 1. The van der Waals surface area contributed by atoms with Crippen molar-refractivity contribution in [3.63, 3.8) is 0 Å². The van der Waals surface area contributed by atoms with E-state index in [-0.39, 0.29) is 0 Å². The zero-order valence-electron chi connectivity index (χ0n) is 4.82. The second-order valence-electron chi connectivity index (χ2n) is 1.02. The molecule has 7 nitrogen and oxygen atoms in total. The van der Waals surface area contributed by atoms with Crippen molar-refractivity contribution < 1.29 is 27.4 Å². The van der Waals surface area contributed by atoms with Crippen LogP contribution in [0.25, 0.3) is 0 Å². The first kappa shape index (κ1) is 13.4. The summed E-state index contributed by atoms with van der Waals surface area (Å²) >= 11 is 6.58. The minimum atomic E-state index is -4.67. The van der Waals surface area contributed by atoms with Gasteiger partial charge in [-0.15, -0.1) is 0 Å². The van der Waals surface area contributed by atoms with Gasteiger partial charge in [0.25, 0.3) is 0 Å². The molecular weight excluding hydrogens is 218 g/mol. The summed E-state index contributed by atoms with van der Waals surface area (Å²) in [5, 5.41) is 7.76. The summed E-state index contributed by atoms with van der Waals surface area (Å²) < 4.78 is 32.1. The van der Waals surface area contributed by atoms with Crippen molar-refractivity contribution in [3.8, 4) is 0 Å². The van der Waals surface area contributed by atoms with E-state index < -0.39 is 16.5 Å². The predicted molar refractivity (Wildman–Crippen MR) is 42.0 cm³/mol. The van der Waals surface area contributed by atoms with Gasteiger partial charge in [0, 0.05) is 0 Å². The van der Waals surface area contributed by atoms with Crippen molar-refractivity contribution in [1.29, 1.82) is 0 Å². The summed E-state index contributed by atoms with van der Waals surface area (Å²) in [4.78, 5) is 9.47. The van der Waals surface area contributed by atoms with Gasteiger partial charge in [-0.1, -0.05) is 0 Å². The molecule has 0 spiro atoms. The normalized spacial score (nSPS) is 9.45. The monoisotopic (exact) mass is 223 g/mol. The molecule has 0 bridgehead atoms. The molecule has 0 aromatic rings.